The van der Waals surface area contributed by atoms with E-state index in [0.29, 0.717) is 0 Å². The average molecular weight is 244 g/mol. The van der Waals surface area contributed by atoms with Gasteiger partial charge in [0.05, 0.1) is 17.8 Å². The van der Waals surface area contributed by atoms with Crippen molar-refractivity contribution in [2.75, 3.05) is 0 Å². The van der Waals surface area contributed by atoms with Crippen LogP contribution in [0.25, 0.3) is 5.69 Å². The van der Waals surface area contributed by atoms with E-state index in [0.717, 1.165) is 23.4 Å². The lowest BCUT2D eigenvalue weighted by Gasteiger charge is -2.02. The molecule has 0 saturated heterocycles. The molecule has 0 aliphatic heterocycles. The second kappa shape index (κ2) is 5.04. The number of aryl methyl sites for hydroxylation is 2. The van der Waals surface area contributed by atoms with Crippen molar-refractivity contribution in [3.8, 4) is 5.69 Å². The topological polar surface area (TPSA) is 55.1 Å². The summed E-state index contributed by atoms with van der Waals surface area (Å²) in [5.74, 6) is -0.834. The smallest absolute Gasteiger partial charge is 0.307 e. The number of hydrogen-bond donors (Lipinski definition) is 1. The number of hydrogen-bond acceptors (Lipinski definition) is 2. The van der Waals surface area contributed by atoms with Crippen LogP contribution in [-0.4, -0.2) is 20.9 Å². The minimum absolute atomic E-state index is 0.0128. The molecule has 1 N–H and O–H groups in total. The van der Waals surface area contributed by atoms with Gasteiger partial charge in [-0.25, -0.2) is 4.68 Å². The molecule has 0 unspecified atom stereocenters. The number of carboxylic acids is 1. The molecule has 4 heteroatoms. The lowest BCUT2D eigenvalue weighted by molar-refractivity contribution is -0.136. The van der Waals surface area contributed by atoms with Crippen LogP contribution in [0.1, 0.15) is 23.7 Å². The summed E-state index contributed by atoms with van der Waals surface area (Å²) in [5, 5.41) is 13.1. The van der Waals surface area contributed by atoms with E-state index in [1.54, 1.807) is 10.9 Å². The van der Waals surface area contributed by atoms with E-state index in [-0.39, 0.29) is 6.42 Å². The van der Waals surface area contributed by atoms with E-state index in [9.17, 15) is 4.79 Å². The molecular weight excluding hydrogens is 228 g/mol. The Morgan fingerprint density at radius 3 is 2.56 bits per heavy atom. The van der Waals surface area contributed by atoms with Crippen molar-refractivity contribution >= 4 is 5.97 Å². The van der Waals surface area contributed by atoms with Crippen LogP contribution in [0.15, 0.2) is 30.5 Å². The van der Waals surface area contributed by atoms with E-state index in [1.807, 2.05) is 19.1 Å². The van der Waals surface area contributed by atoms with E-state index < -0.39 is 5.97 Å². The third kappa shape index (κ3) is 2.59. The van der Waals surface area contributed by atoms with E-state index >= 15 is 0 Å². The Bertz CT molecular complexity index is 556. The maximum absolute atomic E-state index is 10.7. The number of rotatable bonds is 4. The third-order valence-electron chi connectivity index (χ3n) is 2.95. The van der Waals surface area contributed by atoms with Gasteiger partial charge in [0.25, 0.3) is 0 Å². The summed E-state index contributed by atoms with van der Waals surface area (Å²) >= 11 is 0. The molecule has 1 aromatic heterocycles. The molecule has 0 amide bonds. The molecule has 0 saturated carbocycles. The summed E-state index contributed by atoms with van der Waals surface area (Å²) in [7, 11) is 0. The highest BCUT2D eigenvalue weighted by Gasteiger charge is 2.09. The monoisotopic (exact) mass is 244 g/mol. The number of carboxylic acid groups (broad SMARTS) is 1. The van der Waals surface area contributed by atoms with Crippen molar-refractivity contribution in [2.45, 2.75) is 26.7 Å². The van der Waals surface area contributed by atoms with E-state index in [1.165, 1.54) is 5.56 Å². The number of nitrogens with zero attached hydrogens (tertiary/aromatic N) is 2. The zero-order chi connectivity index (χ0) is 13.1. The Labute approximate surface area is 106 Å². The van der Waals surface area contributed by atoms with Gasteiger partial charge < -0.3 is 5.11 Å². The zero-order valence-corrected chi connectivity index (χ0v) is 10.6. The van der Waals surface area contributed by atoms with Gasteiger partial charge in [0.2, 0.25) is 0 Å². The highest BCUT2D eigenvalue weighted by atomic mass is 16.4. The van der Waals surface area contributed by atoms with Crippen LogP contribution in [0.2, 0.25) is 0 Å². The molecule has 0 fully saturated rings. The Hall–Kier alpha value is -2.10. The van der Waals surface area contributed by atoms with Gasteiger partial charge in [0.1, 0.15) is 0 Å². The zero-order valence-electron chi connectivity index (χ0n) is 10.6. The highest BCUT2D eigenvalue weighted by Crippen LogP contribution is 2.13. The molecule has 18 heavy (non-hydrogen) atoms. The summed E-state index contributed by atoms with van der Waals surface area (Å²) in [6.45, 7) is 3.94. The molecule has 0 aliphatic rings. The first-order valence-electron chi connectivity index (χ1n) is 5.96. The molecule has 4 nitrogen and oxygen atoms in total. The number of carbonyl (C=O) groups is 1. The van der Waals surface area contributed by atoms with Gasteiger partial charge in [-0.1, -0.05) is 19.1 Å². The molecule has 1 aromatic carbocycles. The van der Waals surface area contributed by atoms with Crippen molar-refractivity contribution in [2.24, 2.45) is 0 Å². The molecule has 0 aliphatic carbocycles. The van der Waals surface area contributed by atoms with Gasteiger partial charge in [-0.05, 0) is 31.0 Å². The van der Waals surface area contributed by atoms with Gasteiger partial charge in [-0.15, -0.1) is 0 Å². The fraction of sp³-hybridized carbons (Fsp3) is 0.286. The summed E-state index contributed by atoms with van der Waals surface area (Å²) in [5.41, 5.74) is 3.74. The normalized spacial score (nSPS) is 10.6. The summed E-state index contributed by atoms with van der Waals surface area (Å²) in [6, 6.07) is 8.11. The van der Waals surface area contributed by atoms with Crippen LogP contribution in [0.5, 0.6) is 0 Å². The molecule has 0 spiro atoms. The molecule has 0 radical (unpaired) electrons. The van der Waals surface area contributed by atoms with Crippen LogP contribution in [-0.2, 0) is 17.6 Å². The van der Waals surface area contributed by atoms with Gasteiger partial charge in [-0.3, -0.25) is 4.79 Å². The molecule has 94 valence electrons. The number of aromatic nitrogens is 2. The summed E-state index contributed by atoms with van der Waals surface area (Å²) in [4.78, 5) is 10.7. The lowest BCUT2D eigenvalue weighted by atomic mass is 10.1. The standard InChI is InChI=1S/C14H16N2O2/c1-3-11-4-6-13(7-5-11)16-9-12(8-14(17)18)10(2)15-16/h4-7,9H,3,8H2,1-2H3,(H,17,18). The van der Waals surface area contributed by atoms with Crippen LogP contribution in [0.3, 0.4) is 0 Å². The largest absolute Gasteiger partial charge is 0.481 e. The first-order valence-corrected chi connectivity index (χ1v) is 5.96. The van der Waals surface area contributed by atoms with Crippen molar-refractivity contribution in [3.63, 3.8) is 0 Å². The number of benzene rings is 1. The van der Waals surface area contributed by atoms with Crippen LogP contribution < -0.4 is 0 Å². The highest BCUT2D eigenvalue weighted by molar-refractivity contribution is 5.70. The minimum Gasteiger partial charge on any atom is -0.481 e. The SMILES string of the molecule is CCc1ccc(-n2cc(CC(=O)O)c(C)n2)cc1. The number of aliphatic carboxylic acids is 1. The first-order chi connectivity index (χ1) is 8.60. The second-order valence-corrected chi connectivity index (χ2v) is 4.27. The summed E-state index contributed by atoms with van der Waals surface area (Å²) in [6.07, 6.45) is 2.80. The maximum Gasteiger partial charge on any atom is 0.307 e. The van der Waals surface area contributed by atoms with Crippen LogP contribution >= 0.6 is 0 Å². The molecule has 0 bridgehead atoms. The fourth-order valence-electron chi connectivity index (χ4n) is 1.85. The molecular formula is C14H16N2O2. The Kier molecular flexibility index (Phi) is 3.46. The Balaban J connectivity index is 2.30. The maximum atomic E-state index is 10.7. The lowest BCUT2D eigenvalue weighted by Crippen LogP contribution is -2.00. The fourth-order valence-corrected chi connectivity index (χ4v) is 1.85. The Morgan fingerprint density at radius 2 is 2.00 bits per heavy atom. The summed E-state index contributed by atoms with van der Waals surface area (Å²) < 4.78 is 1.73. The average Bonchev–Trinajstić information content (AvgIpc) is 2.70. The van der Waals surface area contributed by atoms with Gasteiger partial charge >= 0.3 is 5.97 Å². The van der Waals surface area contributed by atoms with Gasteiger partial charge in [-0.2, -0.15) is 5.10 Å². The van der Waals surface area contributed by atoms with Gasteiger partial charge in [0, 0.05) is 11.8 Å². The van der Waals surface area contributed by atoms with E-state index in [2.05, 4.69) is 24.2 Å². The predicted molar refractivity (Wildman–Crippen MR) is 69.0 cm³/mol. The third-order valence-corrected chi connectivity index (χ3v) is 2.95. The van der Waals surface area contributed by atoms with Crippen molar-refractivity contribution in [1.82, 2.24) is 9.78 Å². The van der Waals surface area contributed by atoms with Crippen molar-refractivity contribution in [1.29, 1.82) is 0 Å². The van der Waals surface area contributed by atoms with E-state index in [4.69, 9.17) is 5.11 Å². The second-order valence-electron chi connectivity index (χ2n) is 4.27. The quantitative estimate of drug-likeness (QED) is 0.898. The Morgan fingerprint density at radius 1 is 1.33 bits per heavy atom. The molecule has 2 rings (SSSR count). The van der Waals surface area contributed by atoms with Crippen LogP contribution in [0, 0.1) is 6.92 Å². The van der Waals surface area contributed by atoms with Crippen molar-refractivity contribution in [3.05, 3.63) is 47.3 Å². The molecule has 1 heterocycles. The van der Waals surface area contributed by atoms with Crippen molar-refractivity contribution < 1.29 is 9.90 Å². The van der Waals surface area contributed by atoms with Gasteiger partial charge in [0.15, 0.2) is 0 Å². The molecule has 0 atom stereocenters. The minimum atomic E-state index is -0.834. The van der Waals surface area contributed by atoms with Crippen LogP contribution in [0.4, 0.5) is 0 Å². The predicted octanol–water partition coefficient (Wildman–Crippen LogP) is 2.37. The first kappa shape index (κ1) is 12.4. The molecule has 2 aromatic rings.